The third-order valence-electron chi connectivity index (χ3n) is 4.02. The van der Waals surface area contributed by atoms with Crippen LogP contribution in [0.2, 0.25) is 0 Å². The van der Waals surface area contributed by atoms with E-state index in [1.165, 1.54) is 12.1 Å². The van der Waals surface area contributed by atoms with Crippen molar-refractivity contribution in [1.29, 1.82) is 0 Å². The van der Waals surface area contributed by atoms with Crippen molar-refractivity contribution in [3.05, 3.63) is 89.5 Å². The number of rotatable bonds is 5. The third-order valence-corrected chi connectivity index (χ3v) is 5.40. The largest absolute Gasteiger partial charge is 0.322 e. The minimum absolute atomic E-state index is 0.141. The van der Waals surface area contributed by atoms with Crippen LogP contribution in [0.15, 0.2) is 77.7 Å². The van der Waals surface area contributed by atoms with E-state index in [-0.39, 0.29) is 22.1 Å². The highest BCUT2D eigenvalue weighted by Gasteiger charge is 2.18. The van der Waals surface area contributed by atoms with Crippen LogP contribution in [0.25, 0.3) is 0 Å². The van der Waals surface area contributed by atoms with Crippen molar-refractivity contribution >= 4 is 27.3 Å². The molecular formula is C21H20N2O3S. The predicted molar refractivity (Wildman–Crippen MR) is 108 cm³/mol. The van der Waals surface area contributed by atoms with E-state index >= 15 is 0 Å². The highest BCUT2D eigenvalue weighted by atomic mass is 32.2. The van der Waals surface area contributed by atoms with Crippen molar-refractivity contribution in [2.24, 2.45) is 0 Å². The highest BCUT2D eigenvalue weighted by Crippen LogP contribution is 2.22. The number of para-hydroxylation sites is 1. The standard InChI is InChI=1S/C21H20N2O3S/c1-15-10-12-18(13-11-15)27(25,26)23-20-9-4-3-8-19(20)21(24)22-17-7-5-6-16(2)14-17/h3-14,23H,1-2H3,(H,22,24). The van der Waals surface area contributed by atoms with Gasteiger partial charge in [0.2, 0.25) is 0 Å². The van der Waals surface area contributed by atoms with E-state index in [4.69, 9.17) is 0 Å². The quantitative estimate of drug-likeness (QED) is 0.691. The van der Waals surface area contributed by atoms with Gasteiger partial charge in [-0.25, -0.2) is 8.42 Å². The number of hydrogen-bond acceptors (Lipinski definition) is 3. The van der Waals surface area contributed by atoms with Crippen LogP contribution in [0.3, 0.4) is 0 Å². The maximum atomic E-state index is 12.7. The second-order valence-corrected chi connectivity index (χ2v) is 7.97. The summed E-state index contributed by atoms with van der Waals surface area (Å²) < 4.78 is 27.8. The molecule has 0 heterocycles. The Hall–Kier alpha value is -3.12. The Kier molecular flexibility index (Phi) is 5.28. The Morgan fingerprint density at radius 2 is 1.52 bits per heavy atom. The monoisotopic (exact) mass is 380 g/mol. The first-order valence-corrected chi connectivity index (χ1v) is 9.90. The van der Waals surface area contributed by atoms with Crippen molar-refractivity contribution in [3.63, 3.8) is 0 Å². The van der Waals surface area contributed by atoms with Gasteiger partial charge in [0.25, 0.3) is 15.9 Å². The molecule has 6 heteroatoms. The molecular weight excluding hydrogens is 360 g/mol. The lowest BCUT2D eigenvalue weighted by atomic mass is 10.1. The van der Waals surface area contributed by atoms with Gasteiger partial charge >= 0.3 is 0 Å². The van der Waals surface area contributed by atoms with Crippen LogP contribution >= 0.6 is 0 Å². The van der Waals surface area contributed by atoms with Gasteiger partial charge in [0.15, 0.2) is 0 Å². The summed E-state index contributed by atoms with van der Waals surface area (Å²) in [5.41, 5.74) is 3.10. The van der Waals surface area contributed by atoms with Gasteiger partial charge in [-0.15, -0.1) is 0 Å². The fourth-order valence-electron chi connectivity index (χ4n) is 2.61. The Morgan fingerprint density at radius 1 is 0.815 bits per heavy atom. The zero-order valence-electron chi connectivity index (χ0n) is 15.1. The second kappa shape index (κ2) is 7.63. The lowest BCUT2D eigenvalue weighted by molar-refractivity contribution is 0.102. The number of amides is 1. The van der Waals surface area contributed by atoms with Crippen LogP contribution in [0.4, 0.5) is 11.4 Å². The molecule has 5 nitrogen and oxygen atoms in total. The number of benzene rings is 3. The summed E-state index contributed by atoms with van der Waals surface area (Å²) in [5, 5.41) is 2.80. The van der Waals surface area contributed by atoms with Gasteiger partial charge in [-0.2, -0.15) is 0 Å². The predicted octanol–water partition coefficient (Wildman–Crippen LogP) is 4.36. The Balaban J connectivity index is 1.87. The van der Waals surface area contributed by atoms with E-state index in [1.807, 2.05) is 32.0 Å². The molecule has 0 unspecified atom stereocenters. The van der Waals surface area contributed by atoms with E-state index in [0.717, 1.165) is 11.1 Å². The van der Waals surface area contributed by atoms with E-state index in [1.54, 1.807) is 42.5 Å². The lowest BCUT2D eigenvalue weighted by Crippen LogP contribution is -2.18. The van der Waals surface area contributed by atoms with E-state index in [2.05, 4.69) is 10.0 Å². The van der Waals surface area contributed by atoms with Crippen LogP contribution in [0, 0.1) is 13.8 Å². The van der Waals surface area contributed by atoms with Crippen molar-refractivity contribution in [1.82, 2.24) is 0 Å². The molecule has 27 heavy (non-hydrogen) atoms. The Labute approximate surface area is 159 Å². The first kappa shape index (κ1) is 18.7. The van der Waals surface area contributed by atoms with Gasteiger partial charge < -0.3 is 5.32 Å². The number of carbonyl (C=O) groups excluding carboxylic acids is 1. The van der Waals surface area contributed by atoms with Crippen LogP contribution in [-0.4, -0.2) is 14.3 Å². The zero-order chi connectivity index (χ0) is 19.4. The van der Waals surface area contributed by atoms with Crippen molar-refractivity contribution in [3.8, 4) is 0 Å². The summed E-state index contributed by atoms with van der Waals surface area (Å²) >= 11 is 0. The number of sulfonamides is 1. The van der Waals surface area contributed by atoms with Gasteiger partial charge in [-0.1, -0.05) is 42.0 Å². The molecule has 0 saturated carbocycles. The fraction of sp³-hybridized carbons (Fsp3) is 0.0952. The molecule has 0 spiro atoms. The molecule has 0 radical (unpaired) electrons. The number of hydrogen-bond donors (Lipinski definition) is 2. The maximum absolute atomic E-state index is 12.7. The molecule has 3 rings (SSSR count). The second-order valence-electron chi connectivity index (χ2n) is 6.29. The molecule has 1 amide bonds. The normalized spacial score (nSPS) is 11.0. The van der Waals surface area contributed by atoms with Crippen molar-refractivity contribution in [2.75, 3.05) is 10.0 Å². The molecule has 0 saturated heterocycles. The lowest BCUT2D eigenvalue weighted by Gasteiger charge is -2.13. The minimum atomic E-state index is -3.80. The molecule has 0 bridgehead atoms. The number of aryl methyl sites for hydroxylation is 2. The van der Waals surface area contributed by atoms with Crippen molar-refractivity contribution < 1.29 is 13.2 Å². The summed E-state index contributed by atoms with van der Waals surface area (Å²) in [6.07, 6.45) is 0. The summed E-state index contributed by atoms with van der Waals surface area (Å²) in [7, 11) is -3.80. The molecule has 0 aliphatic carbocycles. The van der Waals surface area contributed by atoms with Gasteiger partial charge in [-0.3, -0.25) is 9.52 Å². The van der Waals surface area contributed by atoms with E-state index < -0.39 is 10.0 Å². The molecule has 0 aliphatic rings. The zero-order valence-corrected chi connectivity index (χ0v) is 15.9. The Bertz CT molecular complexity index is 1070. The molecule has 0 aliphatic heterocycles. The maximum Gasteiger partial charge on any atom is 0.261 e. The molecule has 3 aromatic rings. The van der Waals surface area contributed by atoms with Crippen molar-refractivity contribution in [2.45, 2.75) is 18.7 Å². The molecule has 138 valence electrons. The van der Waals surface area contributed by atoms with Crippen LogP contribution in [0.1, 0.15) is 21.5 Å². The smallest absolute Gasteiger partial charge is 0.261 e. The average Bonchev–Trinajstić information content (AvgIpc) is 2.62. The average molecular weight is 380 g/mol. The van der Waals surface area contributed by atoms with Crippen LogP contribution < -0.4 is 10.0 Å². The van der Waals surface area contributed by atoms with Gasteiger partial charge in [0, 0.05) is 5.69 Å². The summed E-state index contributed by atoms with van der Waals surface area (Å²) in [5.74, 6) is -0.386. The van der Waals surface area contributed by atoms with Crippen LogP contribution in [-0.2, 0) is 10.0 Å². The van der Waals surface area contributed by atoms with E-state index in [0.29, 0.717) is 5.69 Å². The molecule has 3 aromatic carbocycles. The summed E-state index contributed by atoms with van der Waals surface area (Å²) in [4.78, 5) is 12.8. The summed E-state index contributed by atoms with van der Waals surface area (Å²) in [6.45, 7) is 3.81. The van der Waals surface area contributed by atoms with Gasteiger partial charge in [-0.05, 0) is 55.8 Å². The van der Waals surface area contributed by atoms with E-state index in [9.17, 15) is 13.2 Å². The van der Waals surface area contributed by atoms with Gasteiger partial charge in [0.05, 0.1) is 16.1 Å². The first-order chi connectivity index (χ1) is 12.8. The minimum Gasteiger partial charge on any atom is -0.322 e. The molecule has 0 aromatic heterocycles. The Morgan fingerprint density at radius 3 is 2.22 bits per heavy atom. The van der Waals surface area contributed by atoms with Crippen LogP contribution in [0.5, 0.6) is 0 Å². The van der Waals surface area contributed by atoms with Gasteiger partial charge in [0.1, 0.15) is 0 Å². The third kappa shape index (κ3) is 4.54. The topological polar surface area (TPSA) is 75.3 Å². The highest BCUT2D eigenvalue weighted by molar-refractivity contribution is 7.92. The SMILES string of the molecule is Cc1ccc(S(=O)(=O)Nc2ccccc2C(=O)Nc2cccc(C)c2)cc1. The fourth-order valence-corrected chi connectivity index (χ4v) is 3.69. The number of carbonyl (C=O) groups is 1. The number of nitrogens with one attached hydrogen (secondary N) is 2. The molecule has 0 atom stereocenters. The molecule has 0 fully saturated rings. The number of anilines is 2. The summed E-state index contributed by atoms with van der Waals surface area (Å²) in [6, 6.07) is 20.4. The first-order valence-electron chi connectivity index (χ1n) is 8.42. The molecule has 2 N–H and O–H groups in total.